The van der Waals surface area contributed by atoms with Crippen LogP contribution in [0.1, 0.15) is 10.4 Å². The van der Waals surface area contributed by atoms with E-state index in [0.29, 0.717) is 5.69 Å². The van der Waals surface area contributed by atoms with Gasteiger partial charge in [-0.05, 0) is 24.3 Å². The number of para-hydroxylation sites is 2. The van der Waals surface area contributed by atoms with Crippen molar-refractivity contribution < 1.29 is 4.79 Å². The fraction of sp³-hybridized carbons (Fsp3) is 0. The monoisotopic (exact) mass is 290 g/mol. The highest BCUT2D eigenvalue weighted by Crippen LogP contribution is 2.09. The van der Waals surface area contributed by atoms with Gasteiger partial charge in [-0.25, -0.2) is 0 Å². The zero-order valence-electron chi connectivity index (χ0n) is 11.8. The number of nitrogens with one attached hydrogen (secondary N) is 1. The summed E-state index contributed by atoms with van der Waals surface area (Å²) in [4.78, 5) is 24.3. The molecule has 1 aromatic heterocycles. The van der Waals surface area contributed by atoms with Gasteiger partial charge in [-0.15, -0.1) is 0 Å². The Kier molecular flexibility index (Phi) is 3.83. The minimum absolute atomic E-state index is 0.107. The van der Waals surface area contributed by atoms with Crippen LogP contribution in [0.5, 0.6) is 0 Å². The van der Waals surface area contributed by atoms with Crippen LogP contribution in [0.3, 0.4) is 0 Å². The summed E-state index contributed by atoms with van der Waals surface area (Å²) in [5.41, 5.74) is 1.34. The van der Waals surface area contributed by atoms with Crippen LogP contribution < -0.4 is 10.7 Å². The predicted molar refractivity (Wildman–Crippen MR) is 86.4 cm³/mol. The number of amides is 1. The maximum Gasteiger partial charge on any atom is 0.261 e. The van der Waals surface area contributed by atoms with Crippen molar-refractivity contribution >= 4 is 11.6 Å². The van der Waals surface area contributed by atoms with Crippen LogP contribution in [0, 0.1) is 0 Å². The van der Waals surface area contributed by atoms with Crippen molar-refractivity contribution in [1.29, 1.82) is 0 Å². The van der Waals surface area contributed by atoms with Gasteiger partial charge < -0.3 is 9.88 Å². The van der Waals surface area contributed by atoms with E-state index in [1.807, 2.05) is 48.5 Å². The molecule has 0 atom stereocenters. The Morgan fingerprint density at radius 3 is 2.18 bits per heavy atom. The van der Waals surface area contributed by atoms with E-state index in [1.54, 1.807) is 29.1 Å². The number of carbonyl (C=O) groups is 1. The minimum Gasteiger partial charge on any atom is -0.323 e. The fourth-order valence-corrected chi connectivity index (χ4v) is 2.13. The molecule has 4 nitrogen and oxygen atoms in total. The number of hydrogen-bond acceptors (Lipinski definition) is 2. The molecule has 0 unspecified atom stereocenters. The lowest BCUT2D eigenvalue weighted by molar-refractivity contribution is 0.102. The summed E-state index contributed by atoms with van der Waals surface area (Å²) in [6.07, 6.45) is 3.20. The molecule has 0 bridgehead atoms. The van der Waals surface area contributed by atoms with Crippen molar-refractivity contribution in [2.75, 3.05) is 5.32 Å². The second-order valence-corrected chi connectivity index (χ2v) is 4.79. The molecule has 0 radical (unpaired) electrons. The second kappa shape index (κ2) is 6.10. The lowest BCUT2D eigenvalue weighted by Gasteiger charge is -2.09. The molecule has 22 heavy (non-hydrogen) atoms. The molecule has 3 aromatic rings. The van der Waals surface area contributed by atoms with Gasteiger partial charge in [-0.3, -0.25) is 9.59 Å². The molecule has 0 aliphatic carbocycles. The van der Waals surface area contributed by atoms with Crippen molar-refractivity contribution in [3.05, 3.63) is 94.9 Å². The highest BCUT2D eigenvalue weighted by molar-refractivity contribution is 6.04. The lowest BCUT2D eigenvalue weighted by atomic mass is 10.2. The maximum absolute atomic E-state index is 12.3. The molecule has 0 aliphatic heterocycles. The average molecular weight is 290 g/mol. The van der Waals surface area contributed by atoms with Gasteiger partial charge in [0.1, 0.15) is 5.56 Å². The average Bonchev–Trinajstić information content (AvgIpc) is 2.57. The fourth-order valence-electron chi connectivity index (χ4n) is 2.13. The van der Waals surface area contributed by atoms with Gasteiger partial charge in [0.2, 0.25) is 0 Å². The molecule has 0 spiro atoms. The molecule has 4 heteroatoms. The van der Waals surface area contributed by atoms with E-state index in [4.69, 9.17) is 0 Å². The van der Waals surface area contributed by atoms with E-state index in [2.05, 4.69) is 5.32 Å². The van der Waals surface area contributed by atoms with Gasteiger partial charge in [0, 0.05) is 29.8 Å². The van der Waals surface area contributed by atoms with Gasteiger partial charge >= 0.3 is 0 Å². The third-order valence-electron chi connectivity index (χ3n) is 3.25. The van der Waals surface area contributed by atoms with E-state index in [0.717, 1.165) is 5.69 Å². The Morgan fingerprint density at radius 2 is 1.50 bits per heavy atom. The van der Waals surface area contributed by atoms with Crippen LogP contribution in [-0.4, -0.2) is 10.5 Å². The van der Waals surface area contributed by atoms with Gasteiger partial charge in [0.15, 0.2) is 5.43 Å². The van der Waals surface area contributed by atoms with Crippen molar-refractivity contribution in [1.82, 2.24) is 4.57 Å². The van der Waals surface area contributed by atoms with E-state index in [9.17, 15) is 9.59 Å². The maximum atomic E-state index is 12.3. The highest BCUT2D eigenvalue weighted by atomic mass is 16.2. The standard InChI is InChI=1S/C18H14N2O2/c21-17-11-12-20(15-9-5-2-6-10-15)13-16(17)18(22)19-14-7-3-1-4-8-14/h1-13H,(H,19,22). The quantitative estimate of drug-likeness (QED) is 0.806. The second-order valence-electron chi connectivity index (χ2n) is 4.79. The molecular weight excluding hydrogens is 276 g/mol. The molecule has 1 heterocycles. The Bertz CT molecular complexity index is 840. The summed E-state index contributed by atoms with van der Waals surface area (Å²) in [6, 6.07) is 20.0. The number of nitrogens with zero attached hydrogens (tertiary/aromatic N) is 1. The number of hydrogen-bond donors (Lipinski definition) is 1. The summed E-state index contributed by atoms with van der Waals surface area (Å²) in [7, 11) is 0. The largest absolute Gasteiger partial charge is 0.323 e. The number of benzene rings is 2. The first-order valence-corrected chi connectivity index (χ1v) is 6.88. The molecule has 0 fully saturated rings. The van der Waals surface area contributed by atoms with E-state index < -0.39 is 5.91 Å². The number of anilines is 1. The zero-order valence-corrected chi connectivity index (χ0v) is 11.8. The van der Waals surface area contributed by atoms with Gasteiger partial charge in [0.25, 0.3) is 5.91 Å². The molecule has 1 amide bonds. The summed E-state index contributed by atoms with van der Waals surface area (Å²) in [5, 5.41) is 2.73. The molecule has 0 saturated heterocycles. The van der Waals surface area contributed by atoms with Crippen molar-refractivity contribution in [3.8, 4) is 5.69 Å². The summed E-state index contributed by atoms with van der Waals surface area (Å²) < 4.78 is 1.75. The first-order chi connectivity index (χ1) is 10.7. The normalized spacial score (nSPS) is 10.2. The van der Waals surface area contributed by atoms with Crippen LogP contribution in [0.2, 0.25) is 0 Å². The molecule has 0 aliphatic rings. The zero-order chi connectivity index (χ0) is 15.4. The molecule has 1 N–H and O–H groups in total. The van der Waals surface area contributed by atoms with Crippen LogP contribution in [-0.2, 0) is 0 Å². The first kappa shape index (κ1) is 13.8. The van der Waals surface area contributed by atoms with Crippen molar-refractivity contribution in [2.45, 2.75) is 0 Å². The molecule has 0 saturated carbocycles. The number of rotatable bonds is 3. The Balaban J connectivity index is 1.93. The third-order valence-corrected chi connectivity index (χ3v) is 3.25. The number of pyridine rings is 1. The summed E-state index contributed by atoms with van der Waals surface area (Å²) in [6.45, 7) is 0. The predicted octanol–water partition coefficient (Wildman–Crippen LogP) is 3.09. The Morgan fingerprint density at radius 1 is 0.864 bits per heavy atom. The molecule has 3 rings (SSSR count). The Hall–Kier alpha value is -3.14. The van der Waals surface area contributed by atoms with E-state index >= 15 is 0 Å². The van der Waals surface area contributed by atoms with Crippen LogP contribution in [0.4, 0.5) is 5.69 Å². The van der Waals surface area contributed by atoms with Gasteiger partial charge in [-0.1, -0.05) is 36.4 Å². The van der Waals surface area contributed by atoms with Crippen LogP contribution in [0.15, 0.2) is 83.9 Å². The van der Waals surface area contributed by atoms with Gasteiger partial charge in [-0.2, -0.15) is 0 Å². The number of aromatic nitrogens is 1. The Labute approximate surface area is 127 Å². The van der Waals surface area contributed by atoms with E-state index in [-0.39, 0.29) is 11.0 Å². The molecule has 2 aromatic carbocycles. The third kappa shape index (κ3) is 2.96. The van der Waals surface area contributed by atoms with Crippen molar-refractivity contribution in [3.63, 3.8) is 0 Å². The molecule has 108 valence electrons. The van der Waals surface area contributed by atoms with Crippen LogP contribution in [0.25, 0.3) is 5.69 Å². The topological polar surface area (TPSA) is 51.1 Å². The molecular formula is C18H14N2O2. The van der Waals surface area contributed by atoms with Gasteiger partial charge in [0.05, 0.1) is 0 Å². The first-order valence-electron chi connectivity index (χ1n) is 6.88. The summed E-state index contributed by atoms with van der Waals surface area (Å²) in [5.74, 6) is -0.415. The van der Waals surface area contributed by atoms with Crippen LogP contribution >= 0.6 is 0 Å². The van der Waals surface area contributed by atoms with Crippen molar-refractivity contribution in [2.24, 2.45) is 0 Å². The minimum atomic E-state index is -0.415. The SMILES string of the molecule is O=C(Nc1ccccc1)c1cn(-c2ccccc2)ccc1=O. The number of carbonyl (C=O) groups excluding carboxylic acids is 1. The smallest absolute Gasteiger partial charge is 0.261 e. The summed E-state index contributed by atoms with van der Waals surface area (Å²) >= 11 is 0. The lowest BCUT2D eigenvalue weighted by Crippen LogP contribution is -2.22. The van der Waals surface area contributed by atoms with E-state index in [1.165, 1.54) is 6.07 Å². The highest BCUT2D eigenvalue weighted by Gasteiger charge is 2.11.